The van der Waals surface area contributed by atoms with Gasteiger partial charge in [-0.3, -0.25) is 4.79 Å². The van der Waals surface area contributed by atoms with Gasteiger partial charge in [0.15, 0.2) is 12.5 Å². The Morgan fingerprint density at radius 2 is 1.79 bits per heavy atom. The molecule has 1 aliphatic rings. The van der Waals surface area contributed by atoms with Crippen molar-refractivity contribution in [1.29, 1.82) is 0 Å². The van der Waals surface area contributed by atoms with E-state index in [1.165, 1.54) is 0 Å². The topological polar surface area (TPSA) is 35.5 Å². The summed E-state index contributed by atoms with van der Waals surface area (Å²) in [4.78, 5) is 11.4. The van der Waals surface area contributed by atoms with Crippen molar-refractivity contribution in [2.24, 2.45) is 0 Å². The van der Waals surface area contributed by atoms with E-state index in [1.54, 1.807) is 18.2 Å². The van der Waals surface area contributed by atoms with Crippen LogP contribution in [0.4, 0.5) is 4.39 Å². The van der Waals surface area contributed by atoms with Crippen molar-refractivity contribution in [3.8, 4) is 0 Å². The first kappa shape index (κ1) is 14.2. The summed E-state index contributed by atoms with van der Waals surface area (Å²) >= 11 is 0. The van der Waals surface area contributed by atoms with Crippen molar-refractivity contribution in [1.82, 2.24) is 0 Å². The summed E-state index contributed by atoms with van der Waals surface area (Å²) in [7, 11) is -0.530. The lowest BCUT2D eigenvalue weighted by Gasteiger charge is -2.32. The van der Waals surface area contributed by atoms with Crippen LogP contribution in [0.3, 0.4) is 0 Å². The van der Waals surface area contributed by atoms with Gasteiger partial charge in [-0.05, 0) is 33.2 Å². The molecular weight excluding hydrogens is 246 g/mol. The van der Waals surface area contributed by atoms with Gasteiger partial charge in [-0.25, -0.2) is 4.39 Å². The molecule has 1 heterocycles. The summed E-state index contributed by atoms with van der Waals surface area (Å²) in [6.07, 6.45) is 0. The molecule has 1 aliphatic heterocycles. The smallest absolute Gasteiger partial charge is 0.399 e. The molecule has 1 fully saturated rings. The highest BCUT2D eigenvalue weighted by Gasteiger charge is 2.51. The van der Waals surface area contributed by atoms with Gasteiger partial charge in [0.25, 0.3) is 0 Å². The zero-order valence-corrected chi connectivity index (χ0v) is 11.7. The van der Waals surface area contributed by atoms with Crippen molar-refractivity contribution in [3.05, 3.63) is 29.8 Å². The molecule has 102 valence electrons. The van der Waals surface area contributed by atoms with Crippen LogP contribution in [-0.2, 0) is 9.31 Å². The van der Waals surface area contributed by atoms with Gasteiger partial charge in [0.1, 0.15) is 0 Å². The zero-order valence-electron chi connectivity index (χ0n) is 11.7. The fraction of sp³-hybridized carbons (Fsp3) is 0.500. The SMILES string of the molecule is CC1(C)OB(c2cccc(C(=O)CF)c2)OC1(C)C. The van der Waals surface area contributed by atoms with Gasteiger partial charge in [0.2, 0.25) is 0 Å². The first-order valence-corrected chi connectivity index (χ1v) is 6.31. The molecule has 0 atom stereocenters. The molecule has 1 aromatic rings. The molecule has 0 aliphatic carbocycles. The second-order valence-electron chi connectivity index (χ2n) is 5.77. The molecule has 19 heavy (non-hydrogen) atoms. The fourth-order valence-corrected chi connectivity index (χ4v) is 1.92. The normalized spacial score (nSPS) is 20.6. The predicted octanol–water partition coefficient (Wildman–Crippen LogP) is 2.14. The predicted molar refractivity (Wildman–Crippen MR) is 72.5 cm³/mol. The maximum Gasteiger partial charge on any atom is 0.494 e. The third-order valence-corrected chi connectivity index (χ3v) is 3.86. The van der Waals surface area contributed by atoms with Gasteiger partial charge < -0.3 is 9.31 Å². The number of ketones is 1. The highest BCUT2D eigenvalue weighted by atomic mass is 19.1. The van der Waals surface area contributed by atoms with Crippen molar-refractivity contribution >= 4 is 18.4 Å². The van der Waals surface area contributed by atoms with E-state index in [0.717, 1.165) is 5.46 Å². The fourth-order valence-electron chi connectivity index (χ4n) is 1.92. The van der Waals surface area contributed by atoms with Gasteiger partial charge >= 0.3 is 7.12 Å². The number of benzene rings is 1. The standard InChI is InChI=1S/C14H18BFO3/c1-13(2)14(3,4)19-15(18-13)11-7-5-6-10(8-11)12(17)9-16/h5-8H,9H2,1-4H3. The molecule has 0 spiro atoms. The molecule has 0 bridgehead atoms. The lowest BCUT2D eigenvalue weighted by Crippen LogP contribution is -2.41. The molecule has 1 saturated heterocycles. The van der Waals surface area contributed by atoms with Crippen LogP contribution in [0.15, 0.2) is 24.3 Å². The van der Waals surface area contributed by atoms with E-state index in [4.69, 9.17) is 9.31 Å². The van der Waals surface area contributed by atoms with E-state index < -0.39 is 30.8 Å². The minimum absolute atomic E-state index is 0.342. The second-order valence-corrected chi connectivity index (χ2v) is 5.77. The Bertz CT molecular complexity index is 483. The minimum atomic E-state index is -0.993. The summed E-state index contributed by atoms with van der Waals surface area (Å²) < 4.78 is 24.2. The Morgan fingerprint density at radius 1 is 1.21 bits per heavy atom. The summed E-state index contributed by atoms with van der Waals surface area (Å²) in [5.41, 5.74) is 0.211. The molecule has 0 amide bonds. The minimum Gasteiger partial charge on any atom is -0.399 e. The maximum atomic E-state index is 12.4. The Labute approximate surface area is 113 Å². The summed E-state index contributed by atoms with van der Waals surface area (Å²) in [6, 6.07) is 6.75. The lowest BCUT2D eigenvalue weighted by molar-refractivity contribution is 0.00578. The Morgan fingerprint density at radius 3 is 2.32 bits per heavy atom. The van der Waals surface area contributed by atoms with Crippen molar-refractivity contribution in [3.63, 3.8) is 0 Å². The highest BCUT2D eigenvalue weighted by Crippen LogP contribution is 2.36. The number of halogens is 1. The van der Waals surface area contributed by atoms with E-state index in [0.29, 0.717) is 5.56 Å². The number of rotatable bonds is 3. The number of carbonyl (C=O) groups is 1. The number of carbonyl (C=O) groups excluding carboxylic acids is 1. The van der Waals surface area contributed by atoms with Gasteiger partial charge in [-0.1, -0.05) is 24.3 Å². The van der Waals surface area contributed by atoms with E-state index in [2.05, 4.69) is 0 Å². The molecule has 1 aromatic carbocycles. The van der Waals surface area contributed by atoms with E-state index in [-0.39, 0.29) is 0 Å². The van der Waals surface area contributed by atoms with Crippen LogP contribution in [0.5, 0.6) is 0 Å². The first-order chi connectivity index (χ1) is 8.77. The van der Waals surface area contributed by atoms with Crippen LogP contribution < -0.4 is 5.46 Å². The molecule has 5 heteroatoms. The molecule has 0 N–H and O–H groups in total. The molecule has 2 rings (SSSR count). The number of hydrogen-bond acceptors (Lipinski definition) is 3. The van der Waals surface area contributed by atoms with Gasteiger partial charge in [-0.2, -0.15) is 0 Å². The van der Waals surface area contributed by atoms with Gasteiger partial charge in [0.05, 0.1) is 11.2 Å². The average molecular weight is 264 g/mol. The van der Waals surface area contributed by atoms with Crippen molar-refractivity contribution in [2.45, 2.75) is 38.9 Å². The molecule has 0 aromatic heterocycles. The third-order valence-electron chi connectivity index (χ3n) is 3.86. The lowest BCUT2D eigenvalue weighted by atomic mass is 9.78. The monoisotopic (exact) mass is 264 g/mol. The zero-order chi connectivity index (χ0) is 14.3. The summed E-state index contributed by atoms with van der Waals surface area (Å²) in [5.74, 6) is -0.529. The van der Waals surface area contributed by atoms with Crippen LogP contribution in [0, 0.1) is 0 Å². The molecule has 0 saturated carbocycles. The first-order valence-electron chi connectivity index (χ1n) is 6.31. The van der Waals surface area contributed by atoms with Crippen LogP contribution in [0.2, 0.25) is 0 Å². The van der Waals surface area contributed by atoms with E-state index >= 15 is 0 Å². The summed E-state index contributed by atoms with van der Waals surface area (Å²) in [5, 5.41) is 0. The average Bonchev–Trinajstić information content (AvgIpc) is 2.58. The quantitative estimate of drug-likeness (QED) is 0.619. The number of hydrogen-bond donors (Lipinski definition) is 0. The van der Waals surface area contributed by atoms with Crippen LogP contribution in [-0.4, -0.2) is 30.8 Å². The Balaban J connectivity index is 2.27. The number of Topliss-reactive ketones (excluding diaryl/α,β-unsaturated/α-hetero) is 1. The Kier molecular flexibility index (Phi) is 3.54. The van der Waals surface area contributed by atoms with Gasteiger partial charge in [-0.15, -0.1) is 0 Å². The van der Waals surface area contributed by atoms with Gasteiger partial charge in [0, 0.05) is 5.56 Å². The van der Waals surface area contributed by atoms with Crippen LogP contribution in [0.1, 0.15) is 38.1 Å². The highest BCUT2D eigenvalue weighted by molar-refractivity contribution is 6.62. The summed E-state index contributed by atoms with van der Waals surface area (Å²) in [6.45, 7) is 6.85. The van der Waals surface area contributed by atoms with Crippen molar-refractivity contribution in [2.75, 3.05) is 6.67 Å². The molecular formula is C14H18BFO3. The molecule has 0 unspecified atom stereocenters. The maximum absolute atomic E-state index is 12.4. The van der Waals surface area contributed by atoms with Crippen molar-refractivity contribution < 1.29 is 18.5 Å². The largest absolute Gasteiger partial charge is 0.494 e. The van der Waals surface area contributed by atoms with E-state index in [9.17, 15) is 9.18 Å². The molecule has 0 radical (unpaired) electrons. The molecule has 3 nitrogen and oxygen atoms in total. The van der Waals surface area contributed by atoms with Crippen LogP contribution in [0.25, 0.3) is 0 Å². The number of alkyl halides is 1. The third kappa shape index (κ3) is 2.58. The second kappa shape index (κ2) is 4.73. The Hall–Kier alpha value is -1.20. The van der Waals surface area contributed by atoms with E-state index in [1.807, 2.05) is 33.8 Å². The van der Waals surface area contributed by atoms with Crippen LogP contribution >= 0.6 is 0 Å².